The van der Waals surface area contributed by atoms with E-state index in [9.17, 15) is 8.42 Å². The quantitative estimate of drug-likeness (QED) is 0.855. The van der Waals surface area contributed by atoms with Crippen LogP contribution in [0.1, 0.15) is 43.6 Å². The van der Waals surface area contributed by atoms with Gasteiger partial charge in [0.05, 0.1) is 0 Å². The molecule has 0 bridgehead atoms. The first-order valence-electron chi connectivity index (χ1n) is 7.11. The second-order valence-electron chi connectivity index (χ2n) is 5.51. The van der Waals surface area contributed by atoms with Crippen molar-refractivity contribution in [1.82, 2.24) is 9.88 Å². The molecule has 1 fully saturated rings. The summed E-state index contributed by atoms with van der Waals surface area (Å²) in [5, 5.41) is 3.70. The highest BCUT2D eigenvalue weighted by molar-refractivity contribution is 7.89. The molecule has 0 radical (unpaired) electrons. The lowest BCUT2D eigenvalue weighted by Crippen LogP contribution is -2.46. The van der Waals surface area contributed by atoms with Crippen molar-refractivity contribution < 1.29 is 12.9 Å². The van der Waals surface area contributed by atoms with Gasteiger partial charge in [-0.3, -0.25) is 0 Å². The van der Waals surface area contributed by atoms with Gasteiger partial charge in [0, 0.05) is 12.6 Å². The summed E-state index contributed by atoms with van der Waals surface area (Å²) < 4.78 is 32.6. The highest BCUT2D eigenvalue weighted by atomic mass is 35.5. The molecule has 1 aliphatic carbocycles. The van der Waals surface area contributed by atoms with Crippen LogP contribution in [0.25, 0.3) is 0 Å². The molecule has 1 saturated carbocycles. The minimum Gasteiger partial charge on any atom is -0.360 e. The summed E-state index contributed by atoms with van der Waals surface area (Å²) in [5.41, 5.74) is 6.16. The van der Waals surface area contributed by atoms with Crippen molar-refractivity contribution in [3.8, 4) is 0 Å². The van der Waals surface area contributed by atoms with Crippen molar-refractivity contribution >= 4 is 22.4 Å². The standard InChI is InChI=1S/C13H23N3O3S.ClH/c1-9-13(10(2)19-15-9)20(17,18)16-12(8-14)11-6-4-3-5-7-11;/h11-12,16H,3-8,14H2,1-2H3;1H. The first-order chi connectivity index (χ1) is 9.45. The zero-order valence-corrected chi connectivity index (χ0v) is 14.1. The second kappa shape index (κ2) is 7.58. The Morgan fingerprint density at radius 1 is 1.33 bits per heavy atom. The number of nitrogens with two attached hydrogens (primary N) is 1. The van der Waals surface area contributed by atoms with Crippen LogP contribution in [0.5, 0.6) is 0 Å². The number of aryl methyl sites for hydroxylation is 2. The molecule has 2 rings (SSSR count). The summed E-state index contributed by atoms with van der Waals surface area (Å²) in [4.78, 5) is 0.145. The number of hydrogen-bond donors (Lipinski definition) is 2. The van der Waals surface area contributed by atoms with Crippen LogP contribution in [-0.2, 0) is 10.0 Å². The Hall–Kier alpha value is -0.630. The molecule has 6 nitrogen and oxygen atoms in total. The Morgan fingerprint density at radius 2 is 1.95 bits per heavy atom. The van der Waals surface area contributed by atoms with Gasteiger partial charge in [0.25, 0.3) is 0 Å². The van der Waals surface area contributed by atoms with Crippen molar-refractivity contribution in [2.45, 2.75) is 56.9 Å². The van der Waals surface area contributed by atoms with E-state index in [0.29, 0.717) is 23.9 Å². The van der Waals surface area contributed by atoms with E-state index >= 15 is 0 Å². The molecule has 0 saturated heterocycles. The average Bonchev–Trinajstić information content (AvgIpc) is 2.77. The monoisotopic (exact) mass is 337 g/mol. The Bertz CT molecular complexity index is 534. The first-order valence-corrected chi connectivity index (χ1v) is 8.59. The molecule has 1 heterocycles. The fourth-order valence-electron chi connectivity index (χ4n) is 2.99. The van der Waals surface area contributed by atoms with Gasteiger partial charge in [-0.05, 0) is 32.6 Å². The van der Waals surface area contributed by atoms with Crippen LogP contribution in [0.4, 0.5) is 0 Å². The molecule has 0 amide bonds. The molecule has 0 aliphatic heterocycles. The van der Waals surface area contributed by atoms with E-state index in [0.717, 1.165) is 25.7 Å². The highest BCUT2D eigenvalue weighted by Crippen LogP contribution is 2.27. The van der Waals surface area contributed by atoms with Gasteiger partial charge in [-0.1, -0.05) is 24.4 Å². The number of nitrogens with zero attached hydrogens (tertiary/aromatic N) is 1. The zero-order valence-electron chi connectivity index (χ0n) is 12.5. The van der Waals surface area contributed by atoms with E-state index in [1.807, 2.05) is 0 Å². The number of rotatable bonds is 5. The molecule has 122 valence electrons. The lowest BCUT2D eigenvalue weighted by Gasteiger charge is -2.29. The summed E-state index contributed by atoms with van der Waals surface area (Å²) in [6.45, 7) is 3.54. The summed E-state index contributed by atoms with van der Waals surface area (Å²) in [6.07, 6.45) is 5.59. The summed E-state index contributed by atoms with van der Waals surface area (Å²) >= 11 is 0. The predicted octanol–water partition coefficient (Wildman–Crippen LogP) is 1.90. The van der Waals surface area contributed by atoms with Gasteiger partial charge in [-0.15, -0.1) is 12.4 Å². The third-order valence-corrected chi connectivity index (χ3v) is 5.75. The normalized spacial score (nSPS) is 18.2. The summed E-state index contributed by atoms with van der Waals surface area (Å²) in [6, 6.07) is -0.214. The van der Waals surface area contributed by atoms with Crippen molar-refractivity contribution in [3.63, 3.8) is 0 Å². The molecule has 8 heteroatoms. The lowest BCUT2D eigenvalue weighted by molar-refractivity contribution is 0.294. The minimum atomic E-state index is -3.63. The van der Waals surface area contributed by atoms with E-state index in [1.165, 1.54) is 6.42 Å². The van der Waals surface area contributed by atoms with Crippen LogP contribution in [0.2, 0.25) is 0 Å². The van der Waals surface area contributed by atoms with Crippen molar-refractivity contribution in [2.24, 2.45) is 11.7 Å². The maximum absolute atomic E-state index is 12.5. The van der Waals surface area contributed by atoms with Gasteiger partial charge < -0.3 is 10.3 Å². The minimum absolute atomic E-state index is 0. The van der Waals surface area contributed by atoms with Crippen molar-refractivity contribution in [1.29, 1.82) is 0 Å². The molecular formula is C13H24ClN3O3S. The molecule has 1 unspecified atom stereocenters. The number of sulfonamides is 1. The Balaban J connectivity index is 0.00000220. The number of hydrogen-bond acceptors (Lipinski definition) is 5. The van der Waals surface area contributed by atoms with Gasteiger partial charge in [0.1, 0.15) is 10.6 Å². The van der Waals surface area contributed by atoms with E-state index in [2.05, 4.69) is 9.88 Å². The maximum Gasteiger partial charge on any atom is 0.246 e. The third kappa shape index (κ3) is 4.18. The molecule has 3 N–H and O–H groups in total. The third-order valence-electron chi connectivity index (χ3n) is 4.02. The van der Waals surface area contributed by atoms with E-state index in [1.54, 1.807) is 13.8 Å². The molecule has 1 aromatic heterocycles. The van der Waals surface area contributed by atoms with Crippen LogP contribution in [0.15, 0.2) is 9.42 Å². The fourth-order valence-corrected chi connectivity index (χ4v) is 4.64. The van der Waals surface area contributed by atoms with Crippen LogP contribution in [-0.4, -0.2) is 26.2 Å². The largest absolute Gasteiger partial charge is 0.360 e. The van der Waals surface area contributed by atoms with Crippen molar-refractivity contribution in [2.75, 3.05) is 6.54 Å². The second-order valence-corrected chi connectivity index (χ2v) is 7.17. The summed E-state index contributed by atoms with van der Waals surface area (Å²) in [7, 11) is -3.63. The van der Waals surface area contributed by atoms with E-state index in [4.69, 9.17) is 10.3 Å². The number of halogens is 1. The smallest absolute Gasteiger partial charge is 0.246 e. The molecule has 1 aliphatic rings. The van der Waals surface area contributed by atoms with Crippen molar-refractivity contribution in [3.05, 3.63) is 11.5 Å². The maximum atomic E-state index is 12.5. The van der Waals surface area contributed by atoms with Crippen LogP contribution in [0.3, 0.4) is 0 Å². The summed E-state index contributed by atoms with van der Waals surface area (Å²) in [5.74, 6) is 0.637. The SMILES string of the molecule is Cc1noc(C)c1S(=O)(=O)NC(CN)C1CCCCC1.Cl. The van der Waals surface area contributed by atoms with E-state index < -0.39 is 10.0 Å². The van der Waals surface area contributed by atoms with Gasteiger partial charge >= 0.3 is 0 Å². The Labute approximate surface area is 132 Å². The predicted molar refractivity (Wildman–Crippen MR) is 83.0 cm³/mol. The number of aromatic nitrogens is 1. The average molecular weight is 338 g/mol. The van der Waals surface area contributed by atoms with Crippen LogP contribution in [0, 0.1) is 19.8 Å². The Morgan fingerprint density at radius 3 is 2.43 bits per heavy atom. The van der Waals surface area contributed by atoms with Crippen LogP contribution < -0.4 is 10.5 Å². The highest BCUT2D eigenvalue weighted by Gasteiger charge is 2.30. The molecule has 1 atom stereocenters. The first kappa shape index (κ1) is 18.4. The number of nitrogens with one attached hydrogen (secondary N) is 1. The molecule has 0 aromatic carbocycles. The van der Waals surface area contributed by atoms with Gasteiger partial charge in [0.15, 0.2) is 5.76 Å². The molecule has 21 heavy (non-hydrogen) atoms. The zero-order chi connectivity index (χ0) is 14.8. The molecular weight excluding hydrogens is 314 g/mol. The van der Waals surface area contributed by atoms with Gasteiger partial charge in [-0.2, -0.15) is 0 Å². The fraction of sp³-hybridized carbons (Fsp3) is 0.769. The van der Waals surface area contributed by atoms with Crippen LogP contribution >= 0.6 is 12.4 Å². The Kier molecular flexibility index (Phi) is 6.65. The van der Waals surface area contributed by atoms with E-state index in [-0.39, 0.29) is 23.3 Å². The lowest BCUT2D eigenvalue weighted by atomic mass is 9.84. The van der Waals surface area contributed by atoms with Gasteiger partial charge in [0.2, 0.25) is 10.0 Å². The van der Waals surface area contributed by atoms with Gasteiger partial charge in [-0.25, -0.2) is 13.1 Å². The topological polar surface area (TPSA) is 98.2 Å². The molecule has 1 aromatic rings. The molecule has 0 spiro atoms.